The van der Waals surface area contributed by atoms with E-state index in [0.717, 1.165) is 61.4 Å². The van der Waals surface area contributed by atoms with Crippen molar-refractivity contribution < 1.29 is 4.42 Å². The molecule has 334 valence electrons. The van der Waals surface area contributed by atoms with E-state index in [2.05, 4.69) is 263 Å². The summed E-state index contributed by atoms with van der Waals surface area (Å²) in [6.45, 7) is 13.9. The number of furan rings is 1. The highest BCUT2D eigenvalue weighted by Crippen LogP contribution is 2.47. The lowest BCUT2D eigenvalue weighted by Crippen LogP contribution is -2.16. The van der Waals surface area contributed by atoms with Crippen LogP contribution in [0.4, 0.5) is 17.1 Å². The second kappa shape index (κ2) is 16.3. The first-order valence-corrected chi connectivity index (χ1v) is 24.2. The molecule has 0 atom stereocenters. The number of fused-ring (bicyclic) bond motifs is 7. The molecule has 0 aliphatic heterocycles. The third kappa shape index (κ3) is 7.37. The molecule has 0 saturated heterocycles. The fraction of sp³-hybridized carbons (Fsp3) is 0.121. The van der Waals surface area contributed by atoms with E-state index in [-0.39, 0.29) is 10.8 Å². The summed E-state index contributed by atoms with van der Waals surface area (Å²) in [6.07, 6.45) is 0. The van der Waals surface area contributed by atoms with Crippen LogP contribution in [-0.2, 0) is 10.8 Å². The van der Waals surface area contributed by atoms with Crippen LogP contribution < -0.4 is 4.90 Å². The van der Waals surface area contributed by atoms with E-state index in [1.54, 1.807) is 0 Å². The SMILES string of the molecule is CC(C)(C)c1cc(-c2cccc3cccc(-c4ccccc4N(c4cccc(-c5ccc6c(c5)c5ccccc5n6-c5ccccc5)c4)c4ccc5c(c4)oc4ccccc45)c23)cc(C(C)(C)C)c1. The van der Waals surface area contributed by atoms with Crippen LogP contribution >= 0.6 is 0 Å². The molecular formula is C66H54N2O. The summed E-state index contributed by atoms with van der Waals surface area (Å²) in [5, 5.41) is 7.13. The molecule has 69 heavy (non-hydrogen) atoms. The first-order valence-electron chi connectivity index (χ1n) is 24.2. The van der Waals surface area contributed by atoms with Gasteiger partial charge in [0.1, 0.15) is 11.2 Å². The lowest BCUT2D eigenvalue weighted by atomic mass is 9.78. The highest BCUT2D eigenvalue weighted by molar-refractivity contribution is 6.12. The lowest BCUT2D eigenvalue weighted by Gasteiger charge is -2.29. The van der Waals surface area contributed by atoms with Crippen molar-refractivity contribution in [2.24, 2.45) is 0 Å². The van der Waals surface area contributed by atoms with Gasteiger partial charge in [0.25, 0.3) is 0 Å². The number of benzene rings is 10. The summed E-state index contributed by atoms with van der Waals surface area (Å²) in [6, 6.07) is 80.1. The van der Waals surface area contributed by atoms with Crippen molar-refractivity contribution >= 4 is 71.6 Å². The van der Waals surface area contributed by atoms with E-state index in [1.807, 2.05) is 6.07 Å². The van der Waals surface area contributed by atoms with E-state index in [4.69, 9.17) is 4.42 Å². The molecule has 0 N–H and O–H groups in total. The number of hydrogen-bond donors (Lipinski definition) is 0. The molecule has 0 aliphatic rings. The van der Waals surface area contributed by atoms with Gasteiger partial charge in [0, 0.05) is 50.2 Å². The molecule has 0 amide bonds. The summed E-state index contributed by atoms with van der Waals surface area (Å²) in [5.41, 5.74) is 18.2. The topological polar surface area (TPSA) is 21.3 Å². The van der Waals surface area contributed by atoms with Crippen LogP contribution in [0.25, 0.3) is 93.6 Å². The van der Waals surface area contributed by atoms with Crippen LogP contribution in [0.15, 0.2) is 223 Å². The van der Waals surface area contributed by atoms with E-state index in [0.29, 0.717) is 0 Å². The van der Waals surface area contributed by atoms with Crippen molar-refractivity contribution in [3.8, 4) is 39.1 Å². The summed E-state index contributed by atoms with van der Waals surface area (Å²) >= 11 is 0. The van der Waals surface area contributed by atoms with Gasteiger partial charge in [-0.2, -0.15) is 0 Å². The fourth-order valence-corrected chi connectivity index (χ4v) is 10.5. The summed E-state index contributed by atoms with van der Waals surface area (Å²) in [7, 11) is 0. The fourth-order valence-electron chi connectivity index (χ4n) is 10.5. The Bertz CT molecular complexity index is 3890. The quantitative estimate of drug-likeness (QED) is 0.159. The number of nitrogens with zero attached hydrogens (tertiary/aromatic N) is 2. The smallest absolute Gasteiger partial charge is 0.137 e. The Labute approximate surface area is 404 Å². The van der Waals surface area contributed by atoms with Crippen LogP contribution in [0.3, 0.4) is 0 Å². The van der Waals surface area contributed by atoms with Gasteiger partial charge in [-0.05, 0) is 127 Å². The summed E-state index contributed by atoms with van der Waals surface area (Å²) in [5.74, 6) is 0. The highest BCUT2D eigenvalue weighted by atomic mass is 16.3. The Morgan fingerprint density at radius 1 is 0.377 bits per heavy atom. The minimum absolute atomic E-state index is 0.0151. The third-order valence-electron chi connectivity index (χ3n) is 14.1. The Morgan fingerprint density at radius 3 is 1.77 bits per heavy atom. The molecule has 2 heterocycles. The monoisotopic (exact) mass is 890 g/mol. The van der Waals surface area contributed by atoms with Gasteiger partial charge >= 0.3 is 0 Å². The zero-order valence-electron chi connectivity index (χ0n) is 40.1. The van der Waals surface area contributed by atoms with Gasteiger partial charge in [-0.25, -0.2) is 0 Å². The van der Waals surface area contributed by atoms with Gasteiger partial charge in [-0.3, -0.25) is 0 Å². The van der Waals surface area contributed by atoms with Crippen LogP contribution in [-0.4, -0.2) is 4.57 Å². The van der Waals surface area contributed by atoms with Crippen LogP contribution in [0.1, 0.15) is 52.7 Å². The molecule has 12 aromatic rings. The lowest BCUT2D eigenvalue weighted by molar-refractivity contribution is 0.569. The molecule has 0 unspecified atom stereocenters. The number of aromatic nitrogens is 1. The van der Waals surface area contributed by atoms with Crippen molar-refractivity contribution in [1.82, 2.24) is 4.57 Å². The molecule has 3 nitrogen and oxygen atoms in total. The van der Waals surface area contributed by atoms with Crippen LogP contribution in [0.2, 0.25) is 0 Å². The molecule has 0 spiro atoms. The molecule has 0 saturated carbocycles. The average molecular weight is 891 g/mol. The van der Waals surface area contributed by atoms with Crippen LogP contribution in [0, 0.1) is 0 Å². The van der Waals surface area contributed by atoms with Crippen molar-refractivity contribution in [2.45, 2.75) is 52.4 Å². The minimum atomic E-state index is -0.0151. The van der Waals surface area contributed by atoms with Crippen molar-refractivity contribution in [1.29, 1.82) is 0 Å². The van der Waals surface area contributed by atoms with Crippen molar-refractivity contribution in [3.63, 3.8) is 0 Å². The van der Waals surface area contributed by atoms with E-state index < -0.39 is 0 Å². The largest absolute Gasteiger partial charge is 0.456 e. The highest BCUT2D eigenvalue weighted by Gasteiger charge is 2.25. The van der Waals surface area contributed by atoms with Crippen LogP contribution in [0.5, 0.6) is 0 Å². The van der Waals surface area contributed by atoms with Gasteiger partial charge in [0.2, 0.25) is 0 Å². The molecule has 2 aromatic heterocycles. The van der Waals surface area contributed by atoms with E-state index >= 15 is 0 Å². The zero-order valence-corrected chi connectivity index (χ0v) is 40.1. The number of rotatable bonds is 7. The van der Waals surface area contributed by atoms with Gasteiger partial charge in [-0.15, -0.1) is 0 Å². The Kier molecular flexibility index (Phi) is 9.97. The second-order valence-electron chi connectivity index (χ2n) is 20.6. The van der Waals surface area contributed by atoms with Gasteiger partial charge < -0.3 is 13.9 Å². The molecule has 12 rings (SSSR count). The summed E-state index contributed by atoms with van der Waals surface area (Å²) < 4.78 is 8.97. The molecule has 0 radical (unpaired) electrons. The standard InChI is InChI=1S/C66H54N2O/c1-65(2,3)47-37-46(38-48(41-47)66(4,5)6)52-28-17-19-43-20-18-29-57(64(43)52)53-25-10-13-30-59(53)67(51-34-35-56-55-27-12-15-32-62(55)69-63(56)42-51)50-24-16-21-44(39-50)45-33-36-61-58(40-45)54-26-11-14-31-60(54)68(61)49-22-8-7-9-23-49/h7-42H,1-6H3. The Hall–Kier alpha value is -8.14. The number of para-hydroxylation sites is 4. The maximum absolute atomic E-state index is 6.59. The Balaban J connectivity index is 1.07. The second-order valence-corrected chi connectivity index (χ2v) is 20.6. The molecule has 0 bridgehead atoms. The van der Waals surface area contributed by atoms with Crippen molar-refractivity contribution in [2.75, 3.05) is 4.90 Å². The van der Waals surface area contributed by atoms with Crippen molar-refractivity contribution in [3.05, 3.63) is 230 Å². The average Bonchev–Trinajstić information content (AvgIpc) is 3.91. The predicted octanol–water partition coefficient (Wildman–Crippen LogP) is 18.9. The first kappa shape index (κ1) is 42.2. The van der Waals surface area contributed by atoms with E-state index in [1.165, 1.54) is 60.4 Å². The molecule has 10 aromatic carbocycles. The third-order valence-corrected chi connectivity index (χ3v) is 14.1. The molecule has 3 heteroatoms. The van der Waals surface area contributed by atoms with Gasteiger partial charge in [-0.1, -0.05) is 187 Å². The zero-order chi connectivity index (χ0) is 47.0. The predicted molar refractivity (Wildman–Crippen MR) is 294 cm³/mol. The normalized spacial score (nSPS) is 12.2. The van der Waals surface area contributed by atoms with Gasteiger partial charge in [0.15, 0.2) is 0 Å². The summed E-state index contributed by atoms with van der Waals surface area (Å²) in [4.78, 5) is 2.42. The number of hydrogen-bond acceptors (Lipinski definition) is 2. The number of anilines is 3. The van der Waals surface area contributed by atoms with E-state index in [9.17, 15) is 0 Å². The molecular weight excluding hydrogens is 837 g/mol. The Morgan fingerprint density at radius 2 is 0.986 bits per heavy atom. The maximum Gasteiger partial charge on any atom is 0.137 e. The minimum Gasteiger partial charge on any atom is -0.456 e. The molecule has 0 fully saturated rings. The first-order chi connectivity index (χ1) is 33.5. The maximum atomic E-state index is 6.59. The van der Waals surface area contributed by atoms with Gasteiger partial charge in [0.05, 0.1) is 16.7 Å². The molecule has 0 aliphatic carbocycles.